The van der Waals surface area contributed by atoms with E-state index in [1.807, 2.05) is 13.1 Å². The van der Waals surface area contributed by atoms with Crippen LogP contribution in [0.2, 0.25) is 0 Å². The fourth-order valence-electron chi connectivity index (χ4n) is 4.41. The SMILES string of the molecule is C[NH+](CC(=O)Nc1sc2c(c1C#N)CC(C)(C)[NH2+]C2(C)C)Cc1cccc(F)c1. The Hall–Kier alpha value is -2.27. The Morgan fingerprint density at radius 1 is 1.38 bits per heavy atom. The lowest BCUT2D eigenvalue weighted by atomic mass is 9.81. The predicted molar refractivity (Wildman–Crippen MR) is 112 cm³/mol. The summed E-state index contributed by atoms with van der Waals surface area (Å²) >= 11 is 1.51. The van der Waals surface area contributed by atoms with E-state index in [0.717, 1.165) is 27.3 Å². The molecule has 29 heavy (non-hydrogen) atoms. The lowest BCUT2D eigenvalue weighted by Crippen LogP contribution is -3.08. The first-order chi connectivity index (χ1) is 13.5. The van der Waals surface area contributed by atoms with Crippen molar-refractivity contribution in [3.63, 3.8) is 0 Å². The van der Waals surface area contributed by atoms with Gasteiger partial charge in [0.2, 0.25) is 0 Å². The molecule has 1 aromatic carbocycles. The topological polar surface area (TPSA) is 73.9 Å². The van der Waals surface area contributed by atoms with Gasteiger partial charge in [-0.2, -0.15) is 5.26 Å². The number of hydrogen-bond acceptors (Lipinski definition) is 3. The van der Waals surface area contributed by atoms with E-state index in [-0.39, 0.29) is 29.3 Å². The summed E-state index contributed by atoms with van der Waals surface area (Å²) in [5.41, 5.74) is 2.36. The summed E-state index contributed by atoms with van der Waals surface area (Å²) in [7, 11) is 1.90. The van der Waals surface area contributed by atoms with Gasteiger partial charge in [-0.05, 0) is 45.4 Å². The predicted octanol–water partition coefficient (Wildman–Crippen LogP) is 1.55. The van der Waals surface area contributed by atoms with E-state index in [1.165, 1.54) is 23.5 Å². The highest BCUT2D eigenvalue weighted by molar-refractivity contribution is 7.16. The fraction of sp³-hybridized carbons (Fsp3) is 0.455. The van der Waals surface area contributed by atoms with E-state index < -0.39 is 0 Å². The number of carbonyl (C=O) groups is 1. The Labute approximate surface area is 175 Å². The van der Waals surface area contributed by atoms with Gasteiger partial charge in [-0.3, -0.25) is 4.79 Å². The third-order valence-electron chi connectivity index (χ3n) is 5.20. The molecule has 0 fully saturated rings. The van der Waals surface area contributed by atoms with Crippen LogP contribution in [0.4, 0.5) is 9.39 Å². The molecule has 0 spiro atoms. The zero-order valence-electron chi connectivity index (χ0n) is 17.6. The highest BCUT2D eigenvalue weighted by Gasteiger charge is 2.44. The number of amides is 1. The molecule has 1 aliphatic heterocycles. The van der Waals surface area contributed by atoms with Crippen LogP contribution in [0.25, 0.3) is 0 Å². The molecule has 0 bridgehead atoms. The average molecular weight is 417 g/mol. The van der Waals surface area contributed by atoms with Crippen molar-refractivity contribution in [2.45, 2.75) is 51.7 Å². The molecule has 5 nitrogen and oxygen atoms in total. The van der Waals surface area contributed by atoms with Crippen LogP contribution in [-0.2, 0) is 23.3 Å². The van der Waals surface area contributed by atoms with Gasteiger partial charge in [0, 0.05) is 12.0 Å². The van der Waals surface area contributed by atoms with E-state index in [2.05, 4.69) is 44.4 Å². The molecule has 1 unspecified atom stereocenters. The molecular formula is C22H29FN4OS+2. The second-order valence-corrected chi connectivity index (χ2v) is 10.3. The van der Waals surface area contributed by atoms with Crippen molar-refractivity contribution >= 4 is 22.2 Å². The van der Waals surface area contributed by atoms with Gasteiger partial charge in [0.05, 0.1) is 23.0 Å². The number of nitrogens with two attached hydrogens (primary N) is 1. The Kier molecular flexibility index (Phi) is 5.81. The molecule has 7 heteroatoms. The summed E-state index contributed by atoms with van der Waals surface area (Å²) in [5, 5.41) is 15.7. The fourth-order valence-corrected chi connectivity index (χ4v) is 5.67. The Morgan fingerprint density at radius 3 is 2.76 bits per heavy atom. The first kappa shape index (κ1) is 21.4. The van der Waals surface area contributed by atoms with Gasteiger partial charge in [-0.15, -0.1) is 11.3 Å². The number of anilines is 1. The monoisotopic (exact) mass is 416 g/mol. The highest BCUT2D eigenvalue weighted by atomic mass is 32.1. The van der Waals surface area contributed by atoms with E-state index >= 15 is 0 Å². The number of nitrogens with zero attached hydrogens (tertiary/aromatic N) is 1. The van der Waals surface area contributed by atoms with Crippen LogP contribution in [0.3, 0.4) is 0 Å². The van der Waals surface area contributed by atoms with Crippen LogP contribution in [0.1, 0.15) is 49.3 Å². The van der Waals surface area contributed by atoms with Gasteiger partial charge in [-0.1, -0.05) is 12.1 Å². The summed E-state index contributed by atoms with van der Waals surface area (Å²) in [4.78, 5) is 14.7. The number of thiophene rings is 1. The van der Waals surface area contributed by atoms with E-state index in [4.69, 9.17) is 0 Å². The van der Waals surface area contributed by atoms with Crippen LogP contribution >= 0.6 is 11.3 Å². The van der Waals surface area contributed by atoms with Crippen molar-refractivity contribution in [3.05, 3.63) is 51.7 Å². The Morgan fingerprint density at radius 2 is 2.10 bits per heavy atom. The molecule has 1 atom stereocenters. The molecule has 0 aliphatic carbocycles. The third-order valence-corrected chi connectivity index (χ3v) is 6.69. The maximum atomic E-state index is 13.4. The number of likely N-dealkylation sites (N-methyl/N-ethyl adjacent to an activating group) is 1. The van der Waals surface area contributed by atoms with Gasteiger partial charge in [-0.25, -0.2) is 4.39 Å². The second kappa shape index (κ2) is 7.86. The van der Waals surface area contributed by atoms with Crippen molar-refractivity contribution in [3.8, 4) is 6.07 Å². The zero-order valence-corrected chi connectivity index (χ0v) is 18.5. The molecule has 0 saturated heterocycles. The minimum atomic E-state index is -0.273. The van der Waals surface area contributed by atoms with Crippen molar-refractivity contribution in [2.75, 3.05) is 18.9 Å². The smallest absolute Gasteiger partial charge is 0.280 e. The lowest BCUT2D eigenvalue weighted by Gasteiger charge is -2.38. The molecular weight excluding hydrogens is 387 g/mol. The molecule has 2 heterocycles. The number of rotatable bonds is 5. The summed E-state index contributed by atoms with van der Waals surface area (Å²) in [6.07, 6.45) is 0.797. The molecule has 4 N–H and O–H groups in total. The van der Waals surface area contributed by atoms with E-state index in [9.17, 15) is 14.4 Å². The number of fused-ring (bicyclic) bond motifs is 1. The van der Waals surface area contributed by atoms with Crippen LogP contribution in [0.5, 0.6) is 0 Å². The second-order valence-electron chi connectivity index (χ2n) is 9.25. The van der Waals surface area contributed by atoms with Gasteiger partial charge in [0.15, 0.2) is 6.54 Å². The quantitative estimate of drug-likeness (QED) is 0.692. The third kappa shape index (κ3) is 4.84. The Bertz CT molecular complexity index is 974. The maximum Gasteiger partial charge on any atom is 0.280 e. The van der Waals surface area contributed by atoms with Gasteiger partial charge >= 0.3 is 0 Å². The number of nitriles is 1. The minimum absolute atomic E-state index is 0.000223. The average Bonchev–Trinajstić information content (AvgIpc) is 2.90. The van der Waals surface area contributed by atoms with Crippen LogP contribution in [0.15, 0.2) is 24.3 Å². The Balaban J connectivity index is 1.74. The van der Waals surface area contributed by atoms with Gasteiger partial charge in [0.25, 0.3) is 5.91 Å². The van der Waals surface area contributed by atoms with Gasteiger partial charge in [0.1, 0.15) is 29.0 Å². The van der Waals surface area contributed by atoms with E-state index in [0.29, 0.717) is 17.1 Å². The molecule has 1 amide bonds. The molecule has 2 aromatic rings. The summed E-state index contributed by atoms with van der Waals surface area (Å²) in [6.45, 7) is 9.47. The summed E-state index contributed by atoms with van der Waals surface area (Å²) in [6, 6.07) is 8.74. The van der Waals surface area contributed by atoms with Crippen LogP contribution in [-0.4, -0.2) is 25.0 Å². The first-order valence-corrected chi connectivity index (χ1v) is 10.6. The molecule has 3 rings (SSSR count). The standard InChI is InChI=1S/C22H27FN4OS/c1-21(2)10-16-17(11-24)20(29-19(16)22(3,4)26-21)25-18(28)13-27(5)12-14-7-6-8-15(23)9-14/h6-9,26H,10,12-13H2,1-5H3,(H,25,28)/p+2. The summed E-state index contributed by atoms with van der Waals surface area (Å²) < 4.78 is 13.4. The van der Waals surface area contributed by atoms with Crippen molar-refractivity contribution in [1.82, 2.24) is 0 Å². The molecule has 0 saturated carbocycles. The largest absolute Gasteiger partial charge is 0.333 e. The van der Waals surface area contributed by atoms with Crippen molar-refractivity contribution in [2.24, 2.45) is 0 Å². The normalized spacial score (nSPS) is 17.8. The van der Waals surface area contributed by atoms with Crippen LogP contribution < -0.4 is 15.5 Å². The minimum Gasteiger partial charge on any atom is -0.333 e. The first-order valence-electron chi connectivity index (χ1n) is 9.79. The highest BCUT2D eigenvalue weighted by Crippen LogP contribution is 2.41. The number of hydrogen-bond donors (Lipinski definition) is 3. The molecule has 1 aromatic heterocycles. The maximum absolute atomic E-state index is 13.4. The molecule has 1 aliphatic rings. The number of quaternary nitrogens is 2. The van der Waals surface area contributed by atoms with E-state index in [1.54, 1.807) is 6.07 Å². The zero-order chi connectivity index (χ0) is 21.4. The van der Waals surface area contributed by atoms with Crippen molar-refractivity contribution in [1.29, 1.82) is 5.26 Å². The number of benzene rings is 1. The number of halogens is 1. The number of nitrogens with one attached hydrogen (secondary N) is 2. The lowest BCUT2D eigenvalue weighted by molar-refractivity contribution is -0.885. The molecule has 0 radical (unpaired) electrons. The van der Waals surface area contributed by atoms with Crippen LogP contribution in [0, 0.1) is 17.1 Å². The molecule has 154 valence electrons. The summed E-state index contributed by atoms with van der Waals surface area (Å²) in [5.74, 6) is -0.417. The van der Waals surface area contributed by atoms with Gasteiger partial charge < -0.3 is 15.5 Å². The van der Waals surface area contributed by atoms with Crippen molar-refractivity contribution < 1.29 is 19.4 Å². The number of carbonyl (C=O) groups excluding carboxylic acids is 1.